The zero-order valence-corrected chi connectivity index (χ0v) is 15.9. The molecule has 0 aliphatic carbocycles. The standard InChI is InChI=1S/C19H19ClN2O2.HNO3/c1-24-17-8-6-16(7-9-17)19(23,13-22-11-10-21-14-22)12-15-4-2-3-5-18(15)20;2-1(3)4/h2-11,14,23H,12-13H2,1H3;(H,2,3,4). The van der Waals surface area contributed by atoms with Gasteiger partial charge in [0, 0.05) is 23.8 Å². The van der Waals surface area contributed by atoms with E-state index >= 15 is 0 Å². The third-order valence-corrected chi connectivity index (χ3v) is 4.44. The molecule has 0 bridgehead atoms. The molecule has 0 aliphatic rings. The van der Waals surface area contributed by atoms with Gasteiger partial charge < -0.3 is 19.6 Å². The number of imidazole rings is 1. The van der Waals surface area contributed by atoms with Crippen LogP contribution in [0.5, 0.6) is 5.75 Å². The Hall–Kier alpha value is -3.10. The number of rotatable bonds is 6. The lowest BCUT2D eigenvalue weighted by Gasteiger charge is -2.30. The molecule has 0 saturated heterocycles. The van der Waals surface area contributed by atoms with Crippen molar-refractivity contribution in [2.24, 2.45) is 0 Å². The molecule has 28 heavy (non-hydrogen) atoms. The van der Waals surface area contributed by atoms with Crippen LogP contribution < -0.4 is 4.74 Å². The van der Waals surface area contributed by atoms with Crippen LogP contribution in [-0.4, -0.2) is 32.1 Å². The summed E-state index contributed by atoms with van der Waals surface area (Å²) in [5, 5.41) is 25.7. The minimum Gasteiger partial charge on any atom is -0.497 e. The van der Waals surface area contributed by atoms with E-state index in [0.717, 1.165) is 16.9 Å². The van der Waals surface area contributed by atoms with E-state index in [0.29, 0.717) is 18.0 Å². The molecule has 1 heterocycles. The highest BCUT2D eigenvalue weighted by atomic mass is 35.5. The second-order valence-electron chi connectivity index (χ2n) is 6.00. The second-order valence-corrected chi connectivity index (χ2v) is 6.41. The van der Waals surface area contributed by atoms with Crippen molar-refractivity contribution in [1.29, 1.82) is 0 Å². The fraction of sp³-hybridized carbons (Fsp3) is 0.211. The lowest BCUT2D eigenvalue weighted by molar-refractivity contribution is -0.742. The van der Waals surface area contributed by atoms with Crippen LogP contribution >= 0.6 is 11.6 Å². The maximum Gasteiger partial charge on any atom is 0.291 e. The molecule has 1 unspecified atom stereocenters. The summed E-state index contributed by atoms with van der Waals surface area (Å²) in [5.41, 5.74) is 0.590. The van der Waals surface area contributed by atoms with Crippen LogP contribution in [0.3, 0.4) is 0 Å². The SMILES string of the molecule is COc1ccc(C(O)(Cc2ccccc2Cl)Cn2ccnc2)cc1.O=[N+]([O-])O. The predicted octanol–water partition coefficient (Wildman–Crippen LogP) is 3.33. The van der Waals surface area contributed by atoms with Gasteiger partial charge in [-0.1, -0.05) is 41.9 Å². The van der Waals surface area contributed by atoms with Gasteiger partial charge in [-0.05, 0) is 29.3 Å². The third-order valence-electron chi connectivity index (χ3n) is 4.07. The second kappa shape index (κ2) is 9.72. The molecule has 2 aromatic carbocycles. The Balaban J connectivity index is 0.000000640. The molecule has 0 fully saturated rings. The van der Waals surface area contributed by atoms with Gasteiger partial charge in [-0.15, -0.1) is 10.1 Å². The number of aliphatic hydroxyl groups is 1. The first kappa shape index (κ1) is 21.2. The molecule has 0 amide bonds. The summed E-state index contributed by atoms with van der Waals surface area (Å²) in [6.07, 6.45) is 5.63. The quantitative estimate of drug-likeness (QED) is 0.480. The number of hydrogen-bond acceptors (Lipinski definition) is 5. The van der Waals surface area contributed by atoms with Crippen molar-refractivity contribution in [1.82, 2.24) is 9.55 Å². The van der Waals surface area contributed by atoms with Crippen LogP contribution in [0.25, 0.3) is 0 Å². The third kappa shape index (κ3) is 5.97. The molecule has 0 aliphatic heterocycles. The van der Waals surface area contributed by atoms with E-state index < -0.39 is 10.7 Å². The van der Waals surface area contributed by atoms with Crippen LogP contribution in [0.15, 0.2) is 67.3 Å². The first-order valence-electron chi connectivity index (χ1n) is 8.23. The number of methoxy groups -OCH3 is 1. The van der Waals surface area contributed by atoms with E-state index in [9.17, 15) is 5.11 Å². The highest BCUT2D eigenvalue weighted by Crippen LogP contribution is 2.31. The van der Waals surface area contributed by atoms with Crippen molar-refractivity contribution in [3.63, 3.8) is 0 Å². The van der Waals surface area contributed by atoms with Gasteiger partial charge in [0.25, 0.3) is 5.09 Å². The highest BCUT2D eigenvalue weighted by Gasteiger charge is 2.31. The van der Waals surface area contributed by atoms with Crippen molar-refractivity contribution in [3.8, 4) is 5.75 Å². The van der Waals surface area contributed by atoms with Gasteiger partial charge in [0.15, 0.2) is 0 Å². The lowest BCUT2D eigenvalue weighted by atomic mass is 9.87. The summed E-state index contributed by atoms with van der Waals surface area (Å²) < 4.78 is 7.07. The van der Waals surface area contributed by atoms with E-state index in [1.807, 2.05) is 59.3 Å². The molecular weight excluding hydrogens is 386 g/mol. The summed E-state index contributed by atoms with van der Waals surface area (Å²) >= 11 is 6.30. The molecule has 9 heteroatoms. The molecule has 0 spiro atoms. The molecule has 2 N–H and O–H groups in total. The predicted molar refractivity (Wildman–Crippen MR) is 103 cm³/mol. The zero-order chi connectivity index (χ0) is 20.6. The van der Waals surface area contributed by atoms with E-state index in [-0.39, 0.29) is 0 Å². The number of nitrogens with zero attached hydrogens (tertiary/aromatic N) is 3. The molecule has 0 saturated carbocycles. The van der Waals surface area contributed by atoms with Gasteiger partial charge in [-0.3, -0.25) is 0 Å². The van der Waals surface area contributed by atoms with E-state index in [4.69, 9.17) is 31.7 Å². The molecular formula is C19H20ClN3O5. The maximum atomic E-state index is 11.4. The summed E-state index contributed by atoms with van der Waals surface area (Å²) in [6, 6.07) is 15.0. The number of aromatic nitrogens is 2. The minimum absolute atomic E-state index is 0.380. The molecule has 148 valence electrons. The molecule has 1 aromatic heterocycles. The zero-order valence-electron chi connectivity index (χ0n) is 15.1. The van der Waals surface area contributed by atoms with Crippen LogP contribution in [0.2, 0.25) is 5.02 Å². The normalized spacial score (nSPS) is 12.4. The maximum absolute atomic E-state index is 11.4. The van der Waals surface area contributed by atoms with Crippen molar-refractivity contribution in [2.45, 2.75) is 18.6 Å². The molecule has 1 atom stereocenters. The number of halogens is 1. The molecule has 3 rings (SSSR count). The van der Waals surface area contributed by atoms with Gasteiger partial charge in [0.05, 0.1) is 20.0 Å². The van der Waals surface area contributed by atoms with E-state index in [2.05, 4.69) is 4.98 Å². The van der Waals surface area contributed by atoms with Gasteiger partial charge in [0.1, 0.15) is 11.4 Å². The number of benzene rings is 2. The topological polar surface area (TPSA) is 111 Å². The summed E-state index contributed by atoms with van der Waals surface area (Å²) in [4.78, 5) is 12.4. The van der Waals surface area contributed by atoms with Crippen molar-refractivity contribution in [2.75, 3.05) is 7.11 Å². The average Bonchev–Trinajstić information content (AvgIpc) is 3.16. The highest BCUT2D eigenvalue weighted by molar-refractivity contribution is 6.31. The monoisotopic (exact) mass is 405 g/mol. The first-order valence-corrected chi connectivity index (χ1v) is 8.61. The number of hydrogen-bond donors (Lipinski definition) is 2. The summed E-state index contributed by atoms with van der Waals surface area (Å²) in [6.45, 7) is 0.380. The van der Waals surface area contributed by atoms with Crippen LogP contribution in [0.4, 0.5) is 0 Å². The minimum atomic E-state index is -1.50. The van der Waals surface area contributed by atoms with Crippen molar-refractivity contribution >= 4 is 11.6 Å². The Morgan fingerprint density at radius 3 is 2.43 bits per heavy atom. The van der Waals surface area contributed by atoms with Crippen LogP contribution in [0, 0.1) is 10.1 Å². The van der Waals surface area contributed by atoms with Gasteiger partial charge in [-0.2, -0.15) is 0 Å². The van der Waals surface area contributed by atoms with Crippen LogP contribution in [-0.2, 0) is 18.6 Å². The summed E-state index contributed by atoms with van der Waals surface area (Å²) in [5.74, 6) is 0.751. The smallest absolute Gasteiger partial charge is 0.291 e. The van der Waals surface area contributed by atoms with Gasteiger partial charge >= 0.3 is 0 Å². The fourth-order valence-electron chi connectivity index (χ4n) is 2.79. The Morgan fingerprint density at radius 1 is 1.25 bits per heavy atom. The Morgan fingerprint density at radius 2 is 1.89 bits per heavy atom. The van der Waals surface area contributed by atoms with Gasteiger partial charge in [-0.25, -0.2) is 4.98 Å². The van der Waals surface area contributed by atoms with Crippen molar-refractivity contribution in [3.05, 3.63) is 93.5 Å². The first-order chi connectivity index (χ1) is 13.3. The summed E-state index contributed by atoms with van der Waals surface area (Å²) in [7, 11) is 1.62. The Kier molecular flexibility index (Phi) is 7.36. The average molecular weight is 406 g/mol. The molecule has 3 aromatic rings. The fourth-order valence-corrected chi connectivity index (χ4v) is 2.99. The van der Waals surface area contributed by atoms with E-state index in [1.165, 1.54) is 0 Å². The van der Waals surface area contributed by atoms with Crippen molar-refractivity contribution < 1.29 is 20.1 Å². The van der Waals surface area contributed by atoms with Gasteiger partial charge in [0.2, 0.25) is 0 Å². The molecule has 0 radical (unpaired) electrons. The molecule has 8 nitrogen and oxygen atoms in total. The van der Waals surface area contributed by atoms with Crippen LogP contribution in [0.1, 0.15) is 11.1 Å². The Labute approximate surface area is 166 Å². The Bertz CT molecular complexity index is 883. The number of ether oxygens (including phenoxy) is 1. The largest absolute Gasteiger partial charge is 0.497 e. The van der Waals surface area contributed by atoms with E-state index in [1.54, 1.807) is 19.6 Å². The lowest BCUT2D eigenvalue weighted by Crippen LogP contribution is -2.33.